The fourth-order valence-corrected chi connectivity index (χ4v) is 9.55. The summed E-state index contributed by atoms with van der Waals surface area (Å²) >= 11 is 0. The van der Waals surface area contributed by atoms with E-state index >= 15 is 0 Å². The molecule has 0 N–H and O–H groups in total. The molecule has 0 amide bonds. The van der Waals surface area contributed by atoms with Crippen LogP contribution in [0.5, 0.6) is 0 Å². The van der Waals surface area contributed by atoms with E-state index in [1.807, 2.05) is 24.3 Å². The molecule has 1 aliphatic rings. The van der Waals surface area contributed by atoms with Gasteiger partial charge < -0.3 is 4.42 Å². The predicted octanol–water partition coefficient (Wildman–Crippen LogP) is 14.0. The Hall–Kier alpha value is -7.62. The Kier molecular flexibility index (Phi) is 7.14. The number of nitrogens with zero attached hydrogens (tertiary/aromatic N) is 2. The lowest BCUT2D eigenvalue weighted by molar-refractivity contribution is 0.669. The van der Waals surface area contributed by atoms with E-state index in [0.29, 0.717) is 0 Å². The van der Waals surface area contributed by atoms with Gasteiger partial charge in [0, 0.05) is 21.9 Å². The number of aromatic nitrogens is 2. The molecular formula is C55H34N2O. The number of para-hydroxylation sites is 3. The second kappa shape index (κ2) is 12.7. The lowest BCUT2D eigenvalue weighted by Crippen LogP contribution is -2.28. The molecule has 2 aromatic heterocycles. The summed E-state index contributed by atoms with van der Waals surface area (Å²) in [5.41, 5.74) is 16.6. The van der Waals surface area contributed by atoms with Crippen molar-refractivity contribution < 1.29 is 4.42 Å². The minimum Gasteiger partial charge on any atom is -0.456 e. The largest absolute Gasteiger partial charge is 0.456 e. The monoisotopic (exact) mass is 738 g/mol. The Bertz CT molecular complexity index is 3340. The molecule has 3 nitrogen and oxygen atoms in total. The SMILES string of the molecule is c1ccc(C2(c3ccccc3)c3ccccc3-c3ccc(-c4nc5ccccc5nc4-c4ccc(-c5ccc6c(ccc7oc8ccccc8c76)c5)cc4)cc32)cc1. The van der Waals surface area contributed by atoms with Crippen molar-refractivity contribution >= 4 is 43.7 Å². The average Bonchev–Trinajstić information content (AvgIpc) is 3.83. The zero-order valence-corrected chi connectivity index (χ0v) is 31.4. The van der Waals surface area contributed by atoms with Crippen LogP contribution in [0.15, 0.2) is 211 Å². The maximum absolute atomic E-state index is 6.18. The Balaban J connectivity index is 1.01. The summed E-state index contributed by atoms with van der Waals surface area (Å²) in [5, 5.41) is 4.69. The highest BCUT2D eigenvalue weighted by Gasteiger charge is 2.46. The van der Waals surface area contributed by atoms with Gasteiger partial charge in [-0.25, -0.2) is 9.97 Å². The molecule has 0 radical (unpaired) electrons. The summed E-state index contributed by atoms with van der Waals surface area (Å²) in [6.07, 6.45) is 0. The van der Waals surface area contributed by atoms with Crippen LogP contribution in [0.2, 0.25) is 0 Å². The van der Waals surface area contributed by atoms with Crippen LogP contribution in [0.25, 0.3) is 88.5 Å². The van der Waals surface area contributed by atoms with Crippen molar-refractivity contribution in [2.45, 2.75) is 5.41 Å². The molecule has 0 spiro atoms. The van der Waals surface area contributed by atoms with E-state index in [4.69, 9.17) is 14.4 Å². The molecule has 2 heterocycles. The van der Waals surface area contributed by atoms with Crippen molar-refractivity contribution in [2.24, 2.45) is 0 Å². The molecule has 1 aliphatic carbocycles. The minimum absolute atomic E-state index is 0.507. The average molecular weight is 739 g/mol. The molecule has 3 heteroatoms. The Labute approximate surface area is 335 Å². The van der Waals surface area contributed by atoms with Gasteiger partial charge in [-0.2, -0.15) is 0 Å². The summed E-state index contributed by atoms with van der Waals surface area (Å²) in [5.74, 6) is 0. The smallest absolute Gasteiger partial charge is 0.136 e. The molecular weight excluding hydrogens is 705 g/mol. The van der Waals surface area contributed by atoms with Crippen molar-refractivity contribution in [1.29, 1.82) is 0 Å². The van der Waals surface area contributed by atoms with Gasteiger partial charge in [0.05, 0.1) is 27.8 Å². The highest BCUT2D eigenvalue weighted by atomic mass is 16.3. The maximum atomic E-state index is 6.18. The lowest BCUT2D eigenvalue weighted by atomic mass is 9.67. The van der Waals surface area contributed by atoms with Crippen LogP contribution in [0.1, 0.15) is 22.3 Å². The molecule has 0 bridgehead atoms. The third-order valence-corrected chi connectivity index (χ3v) is 12.2. The van der Waals surface area contributed by atoms with E-state index in [1.165, 1.54) is 44.2 Å². The normalized spacial score (nSPS) is 13.0. The van der Waals surface area contributed by atoms with Crippen LogP contribution in [0.4, 0.5) is 0 Å². The first kappa shape index (κ1) is 32.6. The van der Waals surface area contributed by atoms with Crippen LogP contribution < -0.4 is 0 Å². The Morgan fingerprint density at radius 3 is 1.71 bits per heavy atom. The molecule has 58 heavy (non-hydrogen) atoms. The molecule has 12 rings (SSSR count). The van der Waals surface area contributed by atoms with Gasteiger partial charge in [0.15, 0.2) is 0 Å². The molecule has 9 aromatic carbocycles. The van der Waals surface area contributed by atoms with E-state index in [2.05, 4.69) is 182 Å². The zero-order chi connectivity index (χ0) is 38.2. The van der Waals surface area contributed by atoms with Gasteiger partial charge in [0.25, 0.3) is 0 Å². The topological polar surface area (TPSA) is 38.9 Å². The fraction of sp³-hybridized carbons (Fsp3) is 0.0182. The number of hydrogen-bond acceptors (Lipinski definition) is 3. The first-order valence-corrected chi connectivity index (χ1v) is 19.8. The van der Waals surface area contributed by atoms with Crippen molar-refractivity contribution in [3.8, 4) is 44.8 Å². The maximum Gasteiger partial charge on any atom is 0.136 e. The summed E-state index contributed by atoms with van der Waals surface area (Å²) in [7, 11) is 0. The van der Waals surface area contributed by atoms with E-state index in [9.17, 15) is 0 Å². The highest BCUT2D eigenvalue weighted by Crippen LogP contribution is 2.57. The standard InChI is InChI=1S/C55H34N2O/c1-3-13-40(14-4-1)55(41-15-5-2-6-16-41)46-19-9-7-17-43(46)44-31-28-39(34-47(44)55)54-53(56-48-20-10-11-21-49(48)57-54)36-25-23-35(24-26-36)37-27-30-42-38(33-37)29-32-51-52(42)45-18-8-12-22-50(45)58-51/h1-34H. The molecule has 270 valence electrons. The number of rotatable bonds is 5. The van der Waals surface area contributed by atoms with Crippen LogP contribution in [0.3, 0.4) is 0 Å². The third-order valence-electron chi connectivity index (χ3n) is 12.2. The van der Waals surface area contributed by atoms with Gasteiger partial charge in [-0.15, -0.1) is 0 Å². The highest BCUT2D eigenvalue weighted by molar-refractivity contribution is 6.19. The molecule has 0 aliphatic heterocycles. The van der Waals surface area contributed by atoms with E-state index in [1.54, 1.807) is 0 Å². The molecule has 0 saturated heterocycles. The van der Waals surface area contributed by atoms with Crippen molar-refractivity contribution in [1.82, 2.24) is 9.97 Å². The van der Waals surface area contributed by atoms with E-state index in [0.717, 1.165) is 66.6 Å². The Morgan fingerprint density at radius 1 is 0.362 bits per heavy atom. The van der Waals surface area contributed by atoms with Crippen LogP contribution in [0, 0.1) is 0 Å². The van der Waals surface area contributed by atoms with Crippen LogP contribution >= 0.6 is 0 Å². The second-order valence-electron chi connectivity index (χ2n) is 15.2. The third kappa shape index (κ3) is 4.80. The van der Waals surface area contributed by atoms with Crippen molar-refractivity contribution in [3.63, 3.8) is 0 Å². The Morgan fingerprint density at radius 2 is 0.948 bits per heavy atom. The molecule has 0 atom stereocenters. The van der Waals surface area contributed by atoms with Crippen molar-refractivity contribution in [3.05, 3.63) is 229 Å². The van der Waals surface area contributed by atoms with Crippen molar-refractivity contribution in [2.75, 3.05) is 0 Å². The van der Waals surface area contributed by atoms with Gasteiger partial charge in [-0.3, -0.25) is 0 Å². The molecule has 11 aromatic rings. The predicted molar refractivity (Wildman–Crippen MR) is 238 cm³/mol. The summed E-state index contributed by atoms with van der Waals surface area (Å²) < 4.78 is 6.18. The summed E-state index contributed by atoms with van der Waals surface area (Å²) in [4.78, 5) is 10.7. The van der Waals surface area contributed by atoms with Gasteiger partial charge in [-0.05, 0) is 91.7 Å². The number of hydrogen-bond donors (Lipinski definition) is 0. The van der Waals surface area contributed by atoms with Gasteiger partial charge in [0.2, 0.25) is 0 Å². The van der Waals surface area contributed by atoms with E-state index in [-0.39, 0.29) is 0 Å². The van der Waals surface area contributed by atoms with Crippen LogP contribution in [-0.4, -0.2) is 9.97 Å². The second-order valence-corrected chi connectivity index (χ2v) is 15.2. The first-order valence-electron chi connectivity index (χ1n) is 19.8. The fourth-order valence-electron chi connectivity index (χ4n) is 9.55. The zero-order valence-electron chi connectivity index (χ0n) is 31.4. The number of fused-ring (bicyclic) bond motifs is 9. The number of furan rings is 1. The molecule has 0 unspecified atom stereocenters. The van der Waals surface area contributed by atoms with Gasteiger partial charge in [-0.1, -0.05) is 170 Å². The quantitative estimate of drug-likeness (QED) is 0.176. The van der Waals surface area contributed by atoms with E-state index < -0.39 is 5.41 Å². The van der Waals surface area contributed by atoms with Gasteiger partial charge >= 0.3 is 0 Å². The number of benzene rings is 9. The van der Waals surface area contributed by atoms with Crippen LogP contribution in [-0.2, 0) is 5.41 Å². The minimum atomic E-state index is -0.507. The first-order chi connectivity index (χ1) is 28.7. The lowest BCUT2D eigenvalue weighted by Gasteiger charge is -2.34. The van der Waals surface area contributed by atoms with Gasteiger partial charge in [0.1, 0.15) is 11.2 Å². The molecule has 0 saturated carbocycles. The molecule has 0 fully saturated rings. The summed E-state index contributed by atoms with van der Waals surface area (Å²) in [6, 6.07) is 73.9. The summed E-state index contributed by atoms with van der Waals surface area (Å²) in [6.45, 7) is 0.